The average molecular weight is 478 g/mol. The molecule has 3 saturated carbocycles. The van der Waals surface area contributed by atoms with E-state index >= 15 is 0 Å². The summed E-state index contributed by atoms with van der Waals surface area (Å²) < 4.78 is 6.05. The maximum atomic E-state index is 6.05. The van der Waals surface area contributed by atoms with Crippen molar-refractivity contribution in [2.24, 2.45) is 28.6 Å². The van der Waals surface area contributed by atoms with Gasteiger partial charge in [0.25, 0.3) is 0 Å². The summed E-state index contributed by atoms with van der Waals surface area (Å²) in [6, 6.07) is 0. The second-order valence-corrected chi connectivity index (χ2v) is 9.76. The predicted octanol–water partition coefficient (Wildman–Crippen LogP) is 4.81. The SMILES string of the molecule is CC12CCCC=C1CCC1C2CCC2(C)C([O][Tl])CCC12. The molecule has 6 atom stereocenters. The molecule has 0 aromatic carbocycles. The second kappa shape index (κ2) is 5.32. The van der Waals surface area contributed by atoms with Crippen LogP contribution in [-0.2, 0) is 2.69 Å². The van der Waals surface area contributed by atoms with E-state index in [4.69, 9.17) is 2.69 Å². The van der Waals surface area contributed by atoms with Gasteiger partial charge in [0.05, 0.1) is 0 Å². The second-order valence-electron chi connectivity index (χ2n) is 8.70. The zero-order valence-corrected chi connectivity index (χ0v) is 18.2. The Morgan fingerprint density at radius 1 is 1.10 bits per heavy atom. The van der Waals surface area contributed by atoms with E-state index in [0.717, 1.165) is 17.8 Å². The van der Waals surface area contributed by atoms with Gasteiger partial charge in [-0.3, -0.25) is 0 Å². The summed E-state index contributed by atoms with van der Waals surface area (Å²) in [6.07, 6.45) is 16.0. The van der Waals surface area contributed by atoms with Gasteiger partial charge >= 0.3 is 147 Å². The fourth-order valence-electron chi connectivity index (χ4n) is 6.93. The Morgan fingerprint density at radius 2 is 1.95 bits per heavy atom. The van der Waals surface area contributed by atoms with Crippen molar-refractivity contribution in [1.82, 2.24) is 0 Å². The molecule has 0 heterocycles. The van der Waals surface area contributed by atoms with Gasteiger partial charge in [0.2, 0.25) is 0 Å². The van der Waals surface area contributed by atoms with E-state index in [2.05, 4.69) is 19.9 Å². The van der Waals surface area contributed by atoms with E-state index < -0.39 is 0 Å². The van der Waals surface area contributed by atoms with Gasteiger partial charge in [-0.1, -0.05) is 0 Å². The Kier molecular flexibility index (Phi) is 3.84. The Morgan fingerprint density at radius 3 is 2.76 bits per heavy atom. The maximum absolute atomic E-state index is 6.05. The van der Waals surface area contributed by atoms with Crippen LogP contribution in [0.4, 0.5) is 0 Å². The zero-order valence-electron chi connectivity index (χ0n) is 13.7. The number of fused-ring (bicyclic) bond motifs is 5. The fourth-order valence-corrected chi connectivity index (χ4v) is 8.67. The van der Waals surface area contributed by atoms with E-state index in [9.17, 15) is 0 Å². The predicted molar refractivity (Wildman–Crippen MR) is 86.9 cm³/mol. The summed E-state index contributed by atoms with van der Waals surface area (Å²) in [5.74, 6) is 2.93. The zero-order chi connectivity index (χ0) is 14.7. The Balaban J connectivity index is 1.66. The standard InChI is InChI=1S/C19H29O.Tl/c1-18-11-4-3-5-13(18)6-7-14-15-8-9-17(20)19(15,2)12-10-16(14)18;/h5,14-17H,3-4,6-12H2,1-2H3;/q-1;+1. The molecular formula is C19H29OTl. The third kappa shape index (κ3) is 2.08. The molecule has 0 N–H and O–H groups in total. The third-order valence-corrected chi connectivity index (χ3v) is 9.38. The molecule has 0 aliphatic heterocycles. The van der Waals surface area contributed by atoms with Crippen molar-refractivity contribution in [2.75, 3.05) is 0 Å². The quantitative estimate of drug-likeness (QED) is 0.389. The molecule has 2 heteroatoms. The van der Waals surface area contributed by atoms with E-state index in [1.807, 2.05) is 5.57 Å². The van der Waals surface area contributed by atoms with E-state index in [1.165, 1.54) is 57.8 Å². The van der Waals surface area contributed by atoms with Crippen molar-refractivity contribution in [3.8, 4) is 0 Å². The summed E-state index contributed by atoms with van der Waals surface area (Å²) in [5.41, 5.74) is 2.92. The number of rotatable bonds is 1. The van der Waals surface area contributed by atoms with Crippen LogP contribution in [0.3, 0.4) is 0 Å². The molecular weight excluding hydrogens is 449 g/mol. The van der Waals surface area contributed by atoms with E-state index in [-0.39, 0.29) is 0 Å². The van der Waals surface area contributed by atoms with Gasteiger partial charge in [-0.15, -0.1) is 0 Å². The van der Waals surface area contributed by atoms with Crippen molar-refractivity contribution >= 4 is 26.2 Å². The Labute approximate surface area is 146 Å². The normalized spacial score (nSPS) is 52.5. The van der Waals surface area contributed by atoms with Crippen molar-refractivity contribution < 1.29 is 2.69 Å². The van der Waals surface area contributed by atoms with Crippen LogP contribution in [0.5, 0.6) is 0 Å². The molecule has 0 bridgehead atoms. The molecule has 4 aliphatic rings. The topological polar surface area (TPSA) is 9.23 Å². The van der Waals surface area contributed by atoms with Crippen molar-refractivity contribution in [2.45, 2.75) is 77.7 Å². The van der Waals surface area contributed by atoms with Crippen LogP contribution < -0.4 is 0 Å². The molecule has 0 aromatic heterocycles. The summed E-state index contributed by atoms with van der Waals surface area (Å²) in [7, 11) is 0. The summed E-state index contributed by atoms with van der Waals surface area (Å²) in [4.78, 5) is 0. The van der Waals surface area contributed by atoms with Gasteiger partial charge in [0.15, 0.2) is 0 Å². The van der Waals surface area contributed by atoms with Gasteiger partial charge in [-0.05, 0) is 0 Å². The summed E-state index contributed by atoms with van der Waals surface area (Å²) in [6.45, 7) is 5.19. The van der Waals surface area contributed by atoms with Crippen molar-refractivity contribution in [3.63, 3.8) is 0 Å². The first-order valence-electron chi connectivity index (χ1n) is 9.14. The molecule has 0 amide bonds. The van der Waals surface area contributed by atoms with Crippen LogP contribution >= 0.6 is 0 Å². The van der Waals surface area contributed by atoms with E-state index in [0.29, 0.717) is 43.2 Å². The number of hydrogen-bond donors (Lipinski definition) is 0. The van der Waals surface area contributed by atoms with Crippen LogP contribution in [0, 0.1) is 28.6 Å². The van der Waals surface area contributed by atoms with Gasteiger partial charge in [-0.2, -0.15) is 0 Å². The molecule has 21 heavy (non-hydrogen) atoms. The molecule has 0 saturated heterocycles. The van der Waals surface area contributed by atoms with Crippen LogP contribution in [0.2, 0.25) is 0 Å². The van der Waals surface area contributed by atoms with Crippen molar-refractivity contribution in [3.05, 3.63) is 11.6 Å². The number of allylic oxidation sites excluding steroid dienone is 2. The minimum absolute atomic E-state index is 0.516. The Hall–Kier alpha value is 0.622. The first-order chi connectivity index (χ1) is 10.1. The fraction of sp³-hybridized carbons (Fsp3) is 0.895. The molecule has 4 aliphatic carbocycles. The van der Waals surface area contributed by atoms with E-state index in [1.54, 1.807) is 0 Å². The first kappa shape index (κ1) is 15.2. The van der Waals surface area contributed by atoms with Gasteiger partial charge in [0.1, 0.15) is 0 Å². The molecule has 0 radical (unpaired) electrons. The summed E-state index contributed by atoms with van der Waals surface area (Å²) in [5, 5.41) is 0. The summed E-state index contributed by atoms with van der Waals surface area (Å²) >= 11 is 0.713. The minimum atomic E-state index is 0.516. The molecule has 114 valence electrons. The van der Waals surface area contributed by atoms with Crippen LogP contribution in [0.25, 0.3) is 0 Å². The molecule has 3 fully saturated rings. The van der Waals surface area contributed by atoms with Crippen LogP contribution in [0.1, 0.15) is 71.6 Å². The molecule has 0 aromatic rings. The number of hydrogen-bond acceptors (Lipinski definition) is 1. The Bertz CT molecular complexity index is 458. The third-order valence-electron chi connectivity index (χ3n) is 8.10. The van der Waals surface area contributed by atoms with Crippen LogP contribution in [0.15, 0.2) is 11.6 Å². The van der Waals surface area contributed by atoms with Gasteiger partial charge in [-0.25, -0.2) is 0 Å². The van der Waals surface area contributed by atoms with Crippen molar-refractivity contribution in [1.29, 1.82) is 0 Å². The van der Waals surface area contributed by atoms with Crippen LogP contribution in [-0.4, -0.2) is 32.3 Å². The molecule has 0 spiro atoms. The molecule has 4 rings (SSSR count). The average Bonchev–Trinajstić information content (AvgIpc) is 2.83. The first-order valence-corrected chi connectivity index (χ1v) is 11.0. The van der Waals surface area contributed by atoms with Gasteiger partial charge < -0.3 is 0 Å². The molecule has 6 unspecified atom stereocenters. The van der Waals surface area contributed by atoms with Gasteiger partial charge in [0, 0.05) is 0 Å². The monoisotopic (exact) mass is 478 g/mol. The molecule has 1 nitrogen and oxygen atoms in total.